The van der Waals surface area contributed by atoms with Gasteiger partial charge in [-0.15, -0.1) is 0 Å². The van der Waals surface area contributed by atoms with Crippen molar-refractivity contribution < 1.29 is 0 Å². The van der Waals surface area contributed by atoms with Gasteiger partial charge in [0.2, 0.25) is 0 Å². The van der Waals surface area contributed by atoms with E-state index in [9.17, 15) is 0 Å². The second kappa shape index (κ2) is 9.90. The number of nitrogens with zero attached hydrogens (tertiary/aromatic N) is 1. The van der Waals surface area contributed by atoms with Crippen LogP contribution in [0.15, 0.2) is 0 Å². The standard InChI is InChI=1S/C15H34N2/c1-6-7-8-9-10-11-12-16-13-15(2,3)14-17(4)5/h16H,6-14H2,1-5H3. The summed E-state index contributed by atoms with van der Waals surface area (Å²) in [7, 11) is 4.30. The van der Waals surface area contributed by atoms with Crippen molar-refractivity contribution in [1.82, 2.24) is 10.2 Å². The molecular formula is C15H34N2. The lowest BCUT2D eigenvalue weighted by Gasteiger charge is -2.28. The van der Waals surface area contributed by atoms with Crippen LogP contribution in [-0.2, 0) is 0 Å². The van der Waals surface area contributed by atoms with E-state index in [1.165, 1.54) is 45.1 Å². The zero-order valence-electron chi connectivity index (χ0n) is 12.8. The molecule has 0 atom stereocenters. The largest absolute Gasteiger partial charge is 0.316 e. The number of hydrogen-bond donors (Lipinski definition) is 1. The van der Waals surface area contributed by atoms with Crippen LogP contribution in [0.25, 0.3) is 0 Å². The summed E-state index contributed by atoms with van der Waals surface area (Å²) in [6, 6.07) is 0. The summed E-state index contributed by atoms with van der Waals surface area (Å²) in [5, 5.41) is 3.60. The molecule has 0 aromatic rings. The van der Waals surface area contributed by atoms with Crippen molar-refractivity contribution in [2.75, 3.05) is 33.7 Å². The maximum Gasteiger partial charge on any atom is 0.00387 e. The van der Waals surface area contributed by atoms with Crippen molar-refractivity contribution in [2.24, 2.45) is 5.41 Å². The average molecular weight is 242 g/mol. The van der Waals surface area contributed by atoms with Gasteiger partial charge in [-0.2, -0.15) is 0 Å². The highest BCUT2D eigenvalue weighted by atomic mass is 15.1. The molecule has 1 N–H and O–H groups in total. The van der Waals surface area contributed by atoms with Gasteiger partial charge in [0.1, 0.15) is 0 Å². The molecule has 0 aliphatic carbocycles. The van der Waals surface area contributed by atoms with Gasteiger partial charge in [0, 0.05) is 13.1 Å². The minimum absolute atomic E-state index is 0.381. The van der Waals surface area contributed by atoms with E-state index in [4.69, 9.17) is 0 Å². The van der Waals surface area contributed by atoms with E-state index in [1.54, 1.807) is 0 Å². The van der Waals surface area contributed by atoms with E-state index in [0.29, 0.717) is 5.41 Å². The zero-order chi connectivity index (χ0) is 13.1. The molecule has 0 aliphatic rings. The second-order valence-corrected chi connectivity index (χ2v) is 6.35. The Kier molecular flexibility index (Phi) is 9.85. The van der Waals surface area contributed by atoms with Gasteiger partial charge in [0.05, 0.1) is 0 Å². The number of nitrogens with one attached hydrogen (secondary N) is 1. The van der Waals surface area contributed by atoms with Crippen molar-refractivity contribution in [3.05, 3.63) is 0 Å². The maximum absolute atomic E-state index is 3.60. The van der Waals surface area contributed by atoms with Crippen molar-refractivity contribution >= 4 is 0 Å². The highest BCUT2D eigenvalue weighted by molar-refractivity contribution is 4.73. The van der Waals surface area contributed by atoms with Gasteiger partial charge in [-0.25, -0.2) is 0 Å². The van der Waals surface area contributed by atoms with Crippen LogP contribution in [0, 0.1) is 5.41 Å². The highest BCUT2D eigenvalue weighted by Crippen LogP contribution is 2.14. The minimum atomic E-state index is 0.381. The lowest BCUT2D eigenvalue weighted by Crippen LogP contribution is -2.37. The fourth-order valence-electron chi connectivity index (χ4n) is 2.37. The molecule has 0 heterocycles. The van der Waals surface area contributed by atoms with E-state index in [2.05, 4.69) is 45.1 Å². The quantitative estimate of drug-likeness (QED) is 0.558. The van der Waals surface area contributed by atoms with Crippen molar-refractivity contribution in [3.8, 4) is 0 Å². The van der Waals surface area contributed by atoms with E-state index in [-0.39, 0.29) is 0 Å². The molecule has 104 valence electrons. The Morgan fingerprint density at radius 1 is 0.941 bits per heavy atom. The fraction of sp³-hybridized carbons (Fsp3) is 1.00. The van der Waals surface area contributed by atoms with E-state index in [0.717, 1.165) is 13.1 Å². The molecule has 0 bridgehead atoms. The molecule has 17 heavy (non-hydrogen) atoms. The lowest BCUT2D eigenvalue weighted by atomic mass is 9.93. The highest BCUT2D eigenvalue weighted by Gasteiger charge is 2.17. The molecule has 0 unspecified atom stereocenters. The number of unbranched alkanes of at least 4 members (excludes halogenated alkanes) is 5. The van der Waals surface area contributed by atoms with Crippen LogP contribution >= 0.6 is 0 Å². The molecule has 0 aliphatic heterocycles. The first-order valence-electron chi connectivity index (χ1n) is 7.33. The normalized spacial score (nSPS) is 12.4. The molecular weight excluding hydrogens is 208 g/mol. The topological polar surface area (TPSA) is 15.3 Å². The predicted octanol–water partition coefficient (Wildman–Crippen LogP) is 3.52. The van der Waals surface area contributed by atoms with E-state index < -0.39 is 0 Å². The smallest absolute Gasteiger partial charge is 0.00387 e. The summed E-state index contributed by atoms with van der Waals surface area (Å²) in [4.78, 5) is 2.27. The Bertz CT molecular complexity index is 164. The number of hydrogen-bond acceptors (Lipinski definition) is 2. The van der Waals surface area contributed by atoms with Gasteiger partial charge in [-0.05, 0) is 32.5 Å². The van der Waals surface area contributed by atoms with Crippen LogP contribution in [-0.4, -0.2) is 38.6 Å². The second-order valence-electron chi connectivity index (χ2n) is 6.35. The van der Waals surface area contributed by atoms with Crippen LogP contribution in [0.4, 0.5) is 0 Å². The lowest BCUT2D eigenvalue weighted by molar-refractivity contribution is 0.232. The molecule has 2 nitrogen and oxygen atoms in total. The van der Waals surface area contributed by atoms with Crippen LogP contribution < -0.4 is 5.32 Å². The molecule has 0 fully saturated rings. The van der Waals surface area contributed by atoms with Gasteiger partial charge in [-0.3, -0.25) is 0 Å². The molecule has 0 aromatic carbocycles. The first kappa shape index (κ1) is 16.9. The van der Waals surface area contributed by atoms with Crippen molar-refractivity contribution in [2.45, 2.75) is 59.3 Å². The molecule has 0 spiro atoms. The Balaban J connectivity index is 3.32. The van der Waals surface area contributed by atoms with Gasteiger partial charge >= 0.3 is 0 Å². The fourth-order valence-corrected chi connectivity index (χ4v) is 2.37. The summed E-state index contributed by atoms with van der Waals surface area (Å²) in [6.07, 6.45) is 8.31. The SMILES string of the molecule is CCCCCCCCNCC(C)(C)CN(C)C. The van der Waals surface area contributed by atoms with Crippen LogP contribution in [0.2, 0.25) is 0 Å². The summed E-state index contributed by atoms with van der Waals surface area (Å²) in [5.41, 5.74) is 0.381. The van der Waals surface area contributed by atoms with Crippen molar-refractivity contribution in [3.63, 3.8) is 0 Å². The summed E-state index contributed by atoms with van der Waals surface area (Å²) in [6.45, 7) is 10.4. The van der Waals surface area contributed by atoms with Gasteiger partial charge in [0.25, 0.3) is 0 Å². The minimum Gasteiger partial charge on any atom is -0.316 e. The Labute approximate surface area is 109 Å². The van der Waals surface area contributed by atoms with Crippen molar-refractivity contribution in [1.29, 1.82) is 0 Å². The molecule has 2 heteroatoms. The monoisotopic (exact) mass is 242 g/mol. The molecule has 0 saturated heterocycles. The Hall–Kier alpha value is -0.0800. The van der Waals surface area contributed by atoms with Crippen LogP contribution in [0.1, 0.15) is 59.3 Å². The Morgan fingerprint density at radius 3 is 2.12 bits per heavy atom. The predicted molar refractivity (Wildman–Crippen MR) is 78.6 cm³/mol. The van der Waals surface area contributed by atoms with Gasteiger partial charge in [0.15, 0.2) is 0 Å². The molecule has 0 saturated carbocycles. The van der Waals surface area contributed by atoms with Gasteiger partial charge in [-0.1, -0.05) is 52.9 Å². The summed E-state index contributed by atoms with van der Waals surface area (Å²) >= 11 is 0. The van der Waals surface area contributed by atoms with Gasteiger partial charge < -0.3 is 10.2 Å². The first-order valence-corrected chi connectivity index (χ1v) is 7.33. The Morgan fingerprint density at radius 2 is 1.53 bits per heavy atom. The molecule has 0 amide bonds. The number of rotatable bonds is 11. The van der Waals surface area contributed by atoms with Crippen LogP contribution in [0.5, 0.6) is 0 Å². The molecule has 0 rings (SSSR count). The van der Waals surface area contributed by atoms with Crippen LogP contribution in [0.3, 0.4) is 0 Å². The summed E-state index contributed by atoms with van der Waals surface area (Å²) in [5.74, 6) is 0. The van der Waals surface area contributed by atoms with E-state index in [1.807, 2.05) is 0 Å². The first-order chi connectivity index (χ1) is 7.98. The third kappa shape index (κ3) is 12.2. The van der Waals surface area contributed by atoms with E-state index >= 15 is 0 Å². The average Bonchev–Trinajstić information content (AvgIpc) is 2.20. The third-order valence-corrected chi connectivity index (χ3v) is 3.05. The molecule has 0 radical (unpaired) electrons. The molecule has 0 aromatic heterocycles. The third-order valence-electron chi connectivity index (χ3n) is 3.05. The zero-order valence-corrected chi connectivity index (χ0v) is 12.8. The summed E-state index contributed by atoms with van der Waals surface area (Å²) < 4.78 is 0. The maximum atomic E-state index is 3.60.